The van der Waals surface area contributed by atoms with Crippen LogP contribution in [0, 0.1) is 5.92 Å². The van der Waals surface area contributed by atoms with Crippen molar-refractivity contribution in [1.82, 2.24) is 25.1 Å². The van der Waals surface area contributed by atoms with Gasteiger partial charge in [0.15, 0.2) is 0 Å². The molecule has 1 saturated heterocycles. The van der Waals surface area contributed by atoms with Crippen LogP contribution in [0.15, 0.2) is 48.5 Å². The molecule has 58 heavy (non-hydrogen) atoms. The number of hydrogen-bond donors (Lipinski definition) is 4. The highest BCUT2D eigenvalue weighted by Crippen LogP contribution is 2.42. The van der Waals surface area contributed by atoms with E-state index in [-0.39, 0.29) is 53.9 Å². The Balaban J connectivity index is 0.959. The number of nitrogens with zero attached hydrogens (tertiary/aromatic N) is 4. The molecule has 14 nitrogen and oxygen atoms in total. The van der Waals surface area contributed by atoms with Crippen LogP contribution >= 0.6 is 11.3 Å². The molecule has 2 aromatic carbocycles. The number of benzene rings is 2. The average Bonchev–Trinajstić information content (AvgIpc) is 3.71. The minimum absolute atomic E-state index is 0.0184. The molecular formula is C40H40F3N7O7S. The molecule has 18 heteroatoms. The van der Waals surface area contributed by atoms with E-state index < -0.39 is 58.7 Å². The number of nitrogens with one attached hydrogen (secondary N) is 3. The third-order valence-electron chi connectivity index (χ3n) is 10.8. The van der Waals surface area contributed by atoms with Crippen molar-refractivity contribution in [3.63, 3.8) is 0 Å². The predicted molar refractivity (Wildman–Crippen MR) is 206 cm³/mol. The largest absolute Gasteiger partial charge is 0.433 e. The third kappa shape index (κ3) is 8.02. The molecule has 304 valence electrons. The van der Waals surface area contributed by atoms with E-state index in [4.69, 9.17) is 4.98 Å². The van der Waals surface area contributed by atoms with Crippen molar-refractivity contribution in [2.45, 2.75) is 76.1 Å². The van der Waals surface area contributed by atoms with Gasteiger partial charge in [0.05, 0.1) is 32.0 Å². The fourth-order valence-electron chi connectivity index (χ4n) is 7.71. The highest BCUT2D eigenvalue weighted by Gasteiger charge is 2.45. The normalized spacial score (nSPS) is 19.9. The third-order valence-corrected chi connectivity index (χ3v) is 11.9. The van der Waals surface area contributed by atoms with E-state index in [2.05, 4.69) is 20.9 Å². The van der Waals surface area contributed by atoms with Crippen molar-refractivity contribution < 1.29 is 47.0 Å². The van der Waals surface area contributed by atoms with E-state index in [1.54, 1.807) is 36.2 Å². The highest BCUT2D eigenvalue weighted by molar-refractivity contribution is 7.18. The zero-order valence-corrected chi connectivity index (χ0v) is 32.6. The number of piperidine rings is 1. The molecule has 1 aliphatic carbocycles. The van der Waals surface area contributed by atoms with Gasteiger partial charge in [-0.15, -0.1) is 11.3 Å². The van der Waals surface area contributed by atoms with Gasteiger partial charge in [0.2, 0.25) is 17.7 Å². The topological polar surface area (TPSA) is 191 Å². The van der Waals surface area contributed by atoms with E-state index in [9.17, 15) is 47.0 Å². The second kappa shape index (κ2) is 15.5. The predicted octanol–water partition coefficient (Wildman–Crippen LogP) is 5.44. The Labute approximate surface area is 334 Å². The minimum atomic E-state index is -4.72. The van der Waals surface area contributed by atoms with Crippen LogP contribution in [0.5, 0.6) is 0 Å². The quantitative estimate of drug-likeness (QED) is 0.150. The monoisotopic (exact) mass is 819 g/mol. The Morgan fingerprint density at radius 2 is 1.69 bits per heavy atom. The molecule has 0 bridgehead atoms. The summed E-state index contributed by atoms with van der Waals surface area (Å²) < 4.78 is 40.4. The maximum atomic E-state index is 13.5. The summed E-state index contributed by atoms with van der Waals surface area (Å²) in [6, 6.07) is 10.1. The summed E-state index contributed by atoms with van der Waals surface area (Å²) in [6.07, 6.45) is -2.02. The summed E-state index contributed by atoms with van der Waals surface area (Å²) in [5, 5.41) is 19.8. The van der Waals surface area contributed by atoms with Crippen LogP contribution in [0.4, 0.5) is 24.5 Å². The number of aromatic nitrogens is 2. The number of pyridine rings is 1. The smallest absolute Gasteiger partial charge is 0.386 e. The average molecular weight is 820 g/mol. The standard InChI is InChI=1S/C40H40F3N7O7S/c1-39(2,57)23-18-27-29(19-26(23)46-33(52)25-8-5-9-30(45-25)40(41,42)43)58-35(47-27)20-10-12-21(13-11-20)36(54)49(3)17-16-44-24-7-4-6-22-32(24)38(56)50(37(22)55)28-14-15-31(51)48-34(28)53/h4-9,18-21,28,44,57H,10-17H2,1-3H3,(H,46,52)(H,48,51,53). The lowest BCUT2D eigenvalue weighted by Crippen LogP contribution is -2.54. The van der Waals surface area contributed by atoms with Crippen LogP contribution in [-0.2, 0) is 26.2 Å². The molecule has 4 heterocycles. The van der Waals surface area contributed by atoms with E-state index in [0.717, 1.165) is 22.0 Å². The highest BCUT2D eigenvalue weighted by atomic mass is 32.1. The Kier molecular flexibility index (Phi) is 10.8. The molecule has 3 aliphatic rings. The van der Waals surface area contributed by atoms with Crippen molar-refractivity contribution in [3.05, 3.63) is 81.6 Å². The first kappa shape index (κ1) is 40.4. The van der Waals surface area contributed by atoms with E-state index in [1.165, 1.54) is 37.3 Å². The van der Waals surface area contributed by atoms with Crippen LogP contribution in [0.3, 0.4) is 0 Å². The lowest BCUT2D eigenvalue weighted by atomic mass is 9.81. The molecule has 2 aromatic heterocycles. The molecule has 2 aliphatic heterocycles. The summed E-state index contributed by atoms with van der Waals surface area (Å²) in [6.45, 7) is 3.65. The summed E-state index contributed by atoms with van der Waals surface area (Å²) in [5.74, 6) is -3.41. The number of amides is 6. The number of rotatable bonds is 10. The van der Waals surface area contributed by atoms with Gasteiger partial charge in [0.1, 0.15) is 17.4 Å². The Bertz CT molecular complexity index is 2350. The Morgan fingerprint density at radius 1 is 0.966 bits per heavy atom. The van der Waals surface area contributed by atoms with Crippen LogP contribution in [-0.4, -0.2) is 86.5 Å². The van der Waals surface area contributed by atoms with Crippen LogP contribution in [0.2, 0.25) is 0 Å². The van der Waals surface area contributed by atoms with Gasteiger partial charge in [0.25, 0.3) is 17.7 Å². The fourth-order valence-corrected chi connectivity index (χ4v) is 8.87. The Morgan fingerprint density at radius 3 is 2.38 bits per heavy atom. The molecule has 1 unspecified atom stereocenters. The number of hydrogen-bond acceptors (Lipinski definition) is 11. The zero-order valence-electron chi connectivity index (χ0n) is 31.7. The molecule has 6 amide bonds. The lowest BCUT2D eigenvalue weighted by Gasteiger charge is -2.30. The van der Waals surface area contributed by atoms with E-state index >= 15 is 0 Å². The molecule has 4 N–H and O–H groups in total. The van der Waals surface area contributed by atoms with Gasteiger partial charge >= 0.3 is 6.18 Å². The molecule has 7 rings (SSSR count). The van der Waals surface area contributed by atoms with Gasteiger partial charge in [-0.3, -0.25) is 39.0 Å². The molecule has 0 radical (unpaired) electrons. The van der Waals surface area contributed by atoms with Crippen molar-refractivity contribution in [2.75, 3.05) is 30.8 Å². The van der Waals surface area contributed by atoms with Crippen molar-refractivity contribution in [2.24, 2.45) is 5.92 Å². The number of aliphatic hydroxyl groups is 1. The van der Waals surface area contributed by atoms with Gasteiger partial charge in [-0.2, -0.15) is 13.2 Å². The zero-order chi connectivity index (χ0) is 41.7. The van der Waals surface area contributed by atoms with E-state index in [1.807, 2.05) is 0 Å². The van der Waals surface area contributed by atoms with Crippen molar-refractivity contribution >= 4 is 68.4 Å². The molecule has 4 aromatic rings. The molecule has 1 atom stereocenters. The Hall–Kier alpha value is -5.75. The molecular weight excluding hydrogens is 780 g/mol. The van der Waals surface area contributed by atoms with Crippen molar-refractivity contribution in [1.29, 1.82) is 0 Å². The SMILES string of the molecule is CN(CCNc1cccc2c1C(=O)N(C1CCC(=O)NC1=O)C2=O)C(=O)C1CCC(c2nc3cc(C(C)(C)O)c(NC(=O)c4cccc(C(F)(F)F)n4)cc3s2)CC1. The first-order valence-electron chi connectivity index (χ1n) is 18.8. The van der Waals surface area contributed by atoms with Gasteiger partial charge < -0.3 is 20.6 Å². The number of anilines is 2. The number of halogens is 3. The molecule has 0 spiro atoms. The van der Waals surface area contributed by atoms with Gasteiger partial charge in [-0.1, -0.05) is 12.1 Å². The van der Waals surface area contributed by atoms with Crippen LogP contribution in [0.1, 0.15) is 106 Å². The van der Waals surface area contributed by atoms with Gasteiger partial charge in [0, 0.05) is 55.3 Å². The first-order chi connectivity index (χ1) is 27.4. The number of fused-ring (bicyclic) bond motifs is 2. The second-order valence-corrected chi connectivity index (χ2v) is 16.3. The van der Waals surface area contributed by atoms with Gasteiger partial charge in [-0.25, -0.2) is 9.97 Å². The fraction of sp³-hybridized carbons (Fsp3) is 0.400. The number of imide groups is 2. The van der Waals surface area contributed by atoms with Crippen LogP contribution in [0.25, 0.3) is 10.2 Å². The lowest BCUT2D eigenvalue weighted by molar-refractivity contribution is -0.141. The summed E-state index contributed by atoms with van der Waals surface area (Å²) in [5.41, 5.74) is -1.21. The second-order valence-electron chi connectivity index (χ2n) is 15.2. The first-order valence-corrected chi connectivity index (χ1v) is 19.6. The maximum Gasteiger partial charge on any atom is 0.433 e. The summed E-state index contributed by atoms with van der Waals surface area (Å²) >= 11 is 1.41. The number of thiazole rings is 1. The number of likely N-dealkylation sites (N-methyl/N-ethyl adjacent to an activating group) is 1. The number of alkyl halides is 3. The summed E-state index contributed by atoms with van der Waals surface area (Å²) in [7, 11) is 1.71. The van der Waals surface area contributed by atoms with Crippen LogP contribution < -0.4 is 16.0 Å². The minimum Gasteiger partial charge on any atom is -0.386 e. The molecule has 1 saturated carbocycles. The number of carbonyl (C=O) groups is 6. The van der Waals surface area contributed by atoms with Crippen molar-refractivity contribution in [3.8, 4) is 0 Å². The molecule has 2 fully saturated rings. The number of carbonyl (C=O) groups excluding carboxylic acids is 6. The summed E-state index contributed by atoms with van der Waals surface area (Å²) in [4.78, 5) is 88.1. The van der Waals surface area contributed by atoms with Gasteiger partial charge in [-0.05, 0) is 82.3 Å². The maximum absolute atomic E-state index is 13.5. The van der Waals surface area contributed by atoms with E-state index in [0.29, 0.717) is 53.7 Å².